The SMILES string of the molecule is Cn1cc([C@H]2CN(S(=O)(=O)CC(C)(C)C)C[C@@H]2C(N)=O)cn1. The molecule has 1 aromatic rings. The standard InChI is InChI=1S/C14H24N4O3S/c1-14(2,3)9-22(20,21)18-7-11(12(8-18)13(15)19)10-5-16-17(4)6-10/h5-6,11-12H,7-9H2,1-4H3,(H2,15,19)/t11-,12+/m1/s1. The zero-order valence-electron chi connectivity index (χ0n) is 13.5. The number of rotatable bonds is 4. The molecule has 1 amide bonds. The Morgan fingerprint density at radius 1 is 1.41 bits per heavy atom. The number of sulfonamides is 1. The highest BCUT2D eigenvalue weighted by atomic mass is 32.2. The monoisotopic (exact) mass is 328 g/mol. The van der Waals surface area contributed by atoms with Gasteiger partial charge in [0, 0.05) is 32.3 Å². The van der Waals surface area contributed by atoms with Gasteiger partial charge in [-0.15, -0.1) is 0 Å². The number of hydrogen-bond donors (Lipinski definition) is 1. The van der Waals surface area contributed by atoms with Crippen LogP contribution in [0.25, 0.3) is 0 Å². The molecule has 8 heteroatoms. The molecule has 0 aliphatic carbocycles. The molecule has 0 bridgehead atoms. The van der Waals surface area contributed by atoms with Gasteiger partial charge in [0.25, 0.3) is 0 Å². The van der Waals surface area contributed by atoms with Gasteiger partial charge in [0.15, 0.2) is 0 Å². The molecule has 1 aliphatic heterocycles. The van der Waals surface area contributed by atoms with E-state index < -0.39 is 21.8 Å². The van der Waals surface area contributed by atoms with Crippen molar-refractivity contribution in [2.75, 3.05) is 18.8 Å². The summed E-state index contributed by atoms with van der Waals surface area (Å²) in [7, 11) is -1.64. The third-order valence-electron chi connectivity index (χ3n) is 3.81. The van der Waals surface area contributed by atoms with E-state index in [4.69, 9.17) is 5.73 Å². The number of aromatic nitrogens is 2. The number of aryl methyl sites for hydroxylation is 1. The summed E-state index contributed by atoms with van der Waals surface area (Å²) >= 11 is 0. The van der Waals surface area contributed by atoms with Crippen molar-refractivity contribution in [3.63, 3.8) is 0 Å². The highest BCUT2D eigenvalue weighted by Gasteiger charge is 2.43. The molecule has 0 unspecified atom stereocenters. The smallest absolute Gasteiger partial charge is 0.222 e. The first-order chi connectivity index (χ1) is 9.99. The topological polar surface area (TPSA) is 98.3 Å². The van der Waals surface area contributed by atoms with Crippen molar-refractivity contribution in [2.24, 2.45) is 24.1 Å². The molecule has 7 nitrogen and oxygen atoms in total. The Labute approximate surface area is 131 Å². The molecule has 1 fully saturated rings. The molecule has 1 saturated heterocycles. The second kappa shape index (κ2) is 5.66. The predicted molar refractivity (Wildman–Crippen MR) is 83.4 cm³/mol. The Kier molecular flexibility index (Phi) is 4.36. The van der Waals surface area contributed by atoms with Gasteiger partial charge in [-0.2, -0.15) is 5.10 Å². The van der Waals surface area contributed by atoms with E-state index in [0.717, 1.165) is 5.56 Å². The van der Waals surface area contributed by atoms with Gasteiger partial charge in [0.2, 0.25) is 15.9 Å². The van der Waals surface area contributed by atoms with Crippen molar-refractivity contribution in [2.45, 2.75) is 26.7 Å². The van der Waals surface area contributed by atoms with Crippen LogP contribution < -0.4 is 5.73 Å². The van der Waals surface area contributed by atoms with Crippen LogP contribution in [0.1, 0.15) is 32.3 Å². The molecule has 0 aromatic carbocycles. The Morgan fingerprint density at radius 3 is 2.50 bits per heavy atom. The summed E-state index contributed by atoms with van der Waals surface area (Å²) in [5.74, 6) is -1.17. The predicted octanol–water partition coefficient (Wildman–Crippen LogP) is 0.297. The van der Waals surface area contributed by atoms with Crippen LogP contribution in [0.2, 0.25) is 0 Å². The van der Waals surface area contributed by atoms with Crippen molar-refractivity contribution < 1.29 is 13.2 Å². The maximum atomic E-state index is 12.6. The van der Waals surface area contributed by atoms with Crippen molar-refractivity contribution in [1.82, 2.24) is 14.1 Å². The number of amides is 1. The lowest BCUT2D eigenvalue weighted by Gasteiger charge is -2.23. The number of nitrogens with zero attached hydrogens (tertiary/aromatic N) is 3. The van der Waals surface area contributed by atoms with E-state index >= 15 is 0 Å². The van der Waals surface area contributed by atoms with E-state index in [2.05, 4.69) is 5.10 Å². The number of hydrogen-bond acceptors (Lipinski definition) is 4. The summed E-state index contributed by atoms with van der Waals surface area (Å²) in [6, 6.07) is 0. The summed E-state index contributed by atoms with van der Waals surface area (Å²) < 4.78 is 28.1. The largest absolute Gasteiger partial charge is 0.369 e. The van der Waals surface area contributed by atoms with Gasteiger partial charge in [0.1, 0.15) is 0 Å². The zero-order chi connectivity index (χ0) is 16.7. The lowest BCUT2D eigenvalue weighted by Crippen LogP contribution is -2.36. The van der Waals surface area contributed by atoms with Gasteiger partial charge < -0.3 is 5.73 Å². The maximum absolute atomic E-state index is 12.6. The number of primary amides is 1. The average Bonchev–Trinajstić information content (AvgIpc) is 2.91. The summed E-state index contributed by atoms with van der Waals surface area (Å²) in [5, 5.41) is 4.10. The average molecular weight is 328 g/mol. The van der Waals surface area contributed by atoms with Gasteiger partial charge in [0.05, 0.1) is 17.9 Å². The molecule has 0 spiro atoms. The molecular formula is C14H24N4O3S. The number of carbonyl (C=O) groups excluding carboxylic acids is 1. The highest BCUT2D eigenvalue weighted by molar-refractivity contribution is 7.89. The molecule has 0 saturated carbocycles. The van der Waals surface area contributed by atoms with Crippen LogP contribution >= 0.6 is 0 Å². The van der Waals surface area contributed by atoms with E-state index in [1.54, 1.807) is 24.1 Å². The fourth-order valence-electron chi connectivity index (χ4n) is 2.89. The molecule has 2 atom stereocenters. The Morgan fingerprint density at radius 2 is 2.05 bits per heavy atom. The van der Waals surface area contributed by atoms with Crippen LogP contribution in [-0.4, -0.2) is 47.3 Å². The lowest BCUT2D eigenvalue weighted by molar-refractivity contribution is -0.121. The van der Waals surface area contributed by atoms with Crippen LogP contribution in [0.3, 0.4) is 0 Å². The van der Waals surface area contributed by atoms with Crippen LogP contribution in [0.5, 0.6) is 0 Å². The van der Waals surface area contributed by atoms with Gasteiger partial charge in [-0.1, -0.05) is 20.8 Å². The third-order valence-corrected chi connectivity index (χ3v) is 6.13. The molecule has 22 heavy (non-hydrogen) atoms. The fraction of sp³-hybridized carbons (Fsp3) is 0.714. The number of nitrogens with two attached hydrogens (primary N) is 1. The van der Waals surface area contributed by atoms with Crippen LogP contribution in [-0.2, 0) is 21.9 Å². The molecule has 2 heterocycles. The van der Waals surface area contributed by atoms with Crippen molar-refractivity contribution in [3.05, 3.63) is 18.0 Å². The van der Waals surface area contributed by atoms with Crippen molar-refractivity contribution >= 4 is 15.9 Å². The minimum Gasteiger partial charge on any atom is -0.369 e. The van der Waals surface area contributed by atoms with E-state index in [9.17, 15) is 13.2 Å². The second-order valence-electron chi connectivity index (χ2n) is 7.20. The summed E-state index contributed by atoms with van der Waals surface area (Å²) in [4.78, 5) is 11.7. The van der Waals surface area contributed by atoms with Gasteiger partial charge >= 0.3 is 0 Å². The summed E-state index contributed by atoms with van der Waals surface area (Å²) in [6.07, 6.45) is 3.47. The summed E-state index contributed by atoms with van der Waals surface area (Å²) in [6.45, 7) is 6.06. The molecule has 2 rings (SSSR count). The molecule has 124 valence electrons. The van der Waals surface area contributed by atoms with Gasteiger partial charge in [-0.25, -0.2) is 12.7 Å². The first-order valence-electron chi connectivity index (χ1n) is 7.25. The third kappa shape index (κ3) is 3.67. The molecular weight excluding hydrogens is 304 g/mol. The second-order valence-corrected chi connectivity index (χ2v) is 9.17. The molecule has 1 aromatic heterocycles. The minimum absolute atomic E-state index is 0.0469. The van der Waals surface area contributed by atoms with E-state index in [1.165, 1.54) is 4.31 Å². The van der Waals surface area contributed by atoms with Crippen LogP contribution in [0.15, 0.2) is 12.4 Å². The minimum atomic E-state index is -3.42. The Hall–Kier alpha value is -1.41. The Balaban J connectivity index is 2.26. The van der Waals surface area contributed by atoms with Gasteiger partial charge in [-0.05, 0) is 11.0 Å². The normalized spacial score (nSPS) is 23.8. The number of carbonyl (C=O) groups is 1. The molecule has 2 N–H and O–H groups in total. The first-order valence-corrected chi connectivity index (χ1v) is 8.86. The lowest BCUT2D eigenvalue weighted by atomic mass is 9.90. The fourth-order valence-corrected chi connectivity index (χ4v) is 4.94. The zero-order valence-corrected chi connectivity index (χ0v) is 14.3. The molecule has 0 radical (unpaired) electrons. The van der Waals surface area contributed by atoms with E-state index in [-0.39, 0.29) is 30.2 Å². The van der Waals surface area contributed by atoms with Crippen molar-refractivity contribution in [3.8, 4) is 0 Å². The van der Waals surface area contributed by atoms with Crippen LogP contribution in [0, 0.1) is 11.3 Å². The van der Waals surface area contributed by atoms with E-state index in [1.807, 2.05) is 20.8 Å². The van der Waals surface area contributed by atoms with Crippen molar-refractivity contribution in [1.29, 1.82) is 0 Å². The van der Waals surface area contributed by atoms with Crippen LogP contribution in [0.4, 0.5) is 0 Å². The maximum Gasteiger partial charge on any atom is 0.222 e. The molecule has 1 aliphatic rings. The summed E-state index contributed by atoms with van der Waals surface area (Å²) in [5.41, 5.74) is 5.98. The first kappa shape index (κ1) is 17.0. The highest BCUT2D eigenvalue weighted by Crippen LogP contribution is 2.35. The Bertz CT molecular complexity index is 660. The van der Waals surface area contributed by atoms with E-state index in [0.29, 0.717) is 0 Å². The quantitative estimate of drug-likeness (QED) is 0.859. The van der Waals surface area contributed by atoms with Gasteiger partial charge in [-0.3, -0.25) is 9.48 Å².